The largest absolute Gasteiger partial charge is 0.464 e. The van der Waals surface area contributed by atoms with Crippen molar-refractivity contribution in [3.8, 4) is 0 Å². The second-order valence-corrected chi connectivity index (χ2v) is 6.41. The van der Waals surface area contributed by atoms with Gasteiger partial charge in [0.25, 0.3) is 0 Å². The fourth-order valence-corrected chi connectivity index (χ4v) is 2.79. The molecular weight excluding hydrogens is 252 g/mol. The van der Waals surface area contributed by atoms with Crippen molar-refractivity contribution < 1.29 is 9.21 Å². The van der Waals surface area contributed by atoms with Crippen molar-refractivity contribution in [2.45, 2.75) is 46.6 Å². The minimum absolute atomic E-state index is 0.0907. The Hall–Kier alpha value is -1.29. The van der Waals surface area contributed by atoms with Crippen LogP contribution in [0, 0.1) is 18.3 Å². The molecule has 1 saturated heterocycles. The molecule has 0 aromatic carbocycles. The number of hydrogen-bond donors (Lipinski definition) is 2. The molecule has 0 saturated carbocycles. The Morgan fingerprint density at radius 2 is 2.25 bits per heavy atom. The third-order valence-corrected chi connectivity index (χ3v) is 4.44. The lowest BCUT2D eigenvalue weighted by Gasteiger charge is -2.36. The molecule has 4 nitrogen and oxygen atoms in total. The van der Waals surface area contributed by atoms with Gasteiger partial charge in [-0.25, -0.2) is 0 Å². The van der Waals surface area contributed by atoms with E-state index in [2.05, 4.69) is 10.6 Å². The monoisotopic (exact) mass is 278 g/mol. The maximum Gasteiger partial charge on any atom is 0.226 e. The van der Waals surface area contributed by atoms with E-state index in [4.69, 9.17) is 4.42 Å². The molecule has 2 unspecified atom stereocenters. The van der Waals surface area contributed by atoms with Gasteiger partial charge < -0.3 is 15.1 Å². The predicted molar refractivity (Wildman–Crippen MR) is 79.4 cm³/mol. The van der Waals surface area contributed by atoms with E-state index in [9.17, 15) is 4.79 Å². The maximum atomic E-state index is 12.6. The van der Waals surface area contributed by atoms with Crippen LogP contribution in [0.3, 0.4) is 0 Å². The van der Waals surface area contributed by atoms with Crippen LogP contribution >= 0.6 is 0 Å². The molecule has 2 atom stereocenters. The standard InChI is InChI=1S/C16H26N2O2/c1-11-7-8-14(20-11)12(2)18-15(19)16(3,4)13-6-5-9-17-10-13/h7-8,12-13,17H,5-6,9-10H2,1-4H3,(H,18,19). The summed E-state index contributed by atoms with van der Waals surface area (Å²) in [4.78, 5) is 12.6. The number of hydrogen-bond acceptors (Lipinski definition) is 3. The number of aryl methyl sites for hydroxylation is 1. The van der Waals surface area contributed by atoms with Crippen LogP contribution in [0.15, 0.2) is 16.5 Å². The minimum atomic E-state index is -0.358. The maximum absolute atomic E-state index is 12.6. The van der Waals surface area contributed by atoms with Gasteiger partial charge in [-0.3, -0.25) is 4.79 Å². The second-order valence-electron chi connectivity index (χ2n) is 6.41. The summed E-state index contributed by atoms with van der Waals surface area (Å²) in [6.07, 6.45) is 2.26. The summed E-state index contributed by atoms with van der Waals surface area (Å²) in [6, 6.07) is 3.76. The number of piperidine rings is 1. The molecule has 2 heterocycles. The average Bonchev–Trinajstić information content (AvgIpc) is 2.86. The Morgan fingerprint density at radius 1 is 1.50 bits per heavy atom. The van der Waals surface area contributed by atoms with Gasteiger partial charge in [0.1, 0.15) is 11.5 Å². The van der Waals surface area contributed by atoms with Gasteiger partial charge in [-0.15, -0.1) is 0 Å². The van der Waals surface area contributed by atoms with Crippen LogP contribution in [-0.4, -0.2) is 19.0 Å². The van der Waals surface area contributed by atoms with E-state index < -0.39 is 0 Å². The summed E-state index contributed by atoms with van der Waals surface area (Å²) in [7, 11) is 0. The van der Waals surface area contributed by atoms with Crippen molar-refractivity contribution in [3.63, 3.8) is 0 Å². The quantitative estimate of drug-likeness (QED) is 0.890. The first-order valence-electron chi connectivity index (χ1n) is 7.49. The topological polar surface area (TPSA) is 54.3 Å². The summed E-state index contributed by atoms with van der Waals surface area (Å²) in [6.45, 7) is 9.95. The van der Waals surface area contributed by atoms with Gasteiger partial charge in [0.05, 0.1) is 6.04 Å². The van der Waals surface area contributed by atoms with Crippen LogP contribution in [0.5, 0.6) is 0 Å². The lowest BCUT2D eigenvalue weighted by Crippen LogP contribution is -2.47. The summed E-state index contributed by atoms with van der Waals surface area (Å²) in [5.41, 5.74) is -0.358. The number of carbonyl (C=O) groups excluding carboxylic acids is 1. The average molecular weight is 278 g/mol. The summed E-state index contributed by atoms with van der Waals surface area (Å²) in [5.74, 6) is 2.18. The molecule has 0 bridgehead atoms. The number of carbonyl (C=O) groups is 1. The van der Waals surface area contributed by atoms with Crippen molar-refractivity contribution in [1.29, 1.82) is 0 Å². The Bertz CT molecular complexity index is 459. The highest BCUT2D eigenvalue weighted by atomic mass is 16.3. The molecule has 0 aliphatic carbocycles. The summed E-state index contributed by atoms with van der Waals surface area (Å²) < 4.78 is 5.58. The number of rotatable bonds is 4. The smallest absolute Gasteiger partial charge is 0.226 e. The molecule has 1 aromatic heterocycles. The van der Waals surface area contributed by atoms with E-state index in [0.717, 1.165) is 37.5 Å². The first-order chi connectivity index (χ1) is 9.41. The lowest BCUT2D eigenvalue weighted by atomic mass is 9.74. The van der Waals surface area contributed by atoms with Crippen LogP contribution in [0.2, 0.25) is 0 Å². The predicted octanol–water partition coefficient (Wildman–Crippen LogP) is 2.79. The Balaban J connectivity index is 1.99. The van der Waals surface area contributed by atoms with Gasteiger partial charge in [-0.1, -0.05) is 13.8 Å². The summed E-state index contributed by atoms with van der Waals surface area (Å²) >= 11 is 0. The van der Waals surface area contributed by atoms with Gasteiger partial charge in [0.2, 0.25) is 5.91 Å². The number of nitrogens with one attached hydrogen (secondary N) is 2. The van der Waals surface area contributed by atoms with Gasteiger partial charge in [0.15, 0.2) is 0 Å². The van der Waals surface area contributed by atoms with E-state index in [1.807, 2.05) is 39.8 Å². The normalized spacial score (nSPS) is 21.5. The number of furan rings is 1. The Morgan fingerprint density at radius 3 is 2.80 bits per heavy atom. The molecule has 1 amide bonds. The van der Waals surface area contributed by atoms with E-state index in [-0.39, 0.29) is 17.4 Å². The number of amides is 1. The highest BCUT2D eigenvalue weighted by Crippen LogP contribution is 2.32. The van der Waals surface area contributed by atoms with Crippen LogP contribution in [-0.2, 0) is 4.79 Å². The lowest BCUT2D eigenvalue weighted by molar-refractivity contribution is -0.133. The second kappa shape index (κ2) is 6.00. The molecule has 1 aliphatic heterocycles. The fraction of sp³-hybridized carbons (Fsp3) is 0.688. The minimum Gasteiger partial charge on any atom is -0.464 e. The Kier molecular flexibility index (Phi) is 4.53. The van der Waals surface area contributed by atoms with Crippen LogP contribution < -0.4 is 10.6 Å². The van der Waals surface area contributed by atoms with Crippen molar-refractivity contribution in [2.75, 3.05) is 13.1 Å². The van der Waals surface area contributed by atoms with E-state index in [1.165, 1.54) is 0 Å². The third kappa shape index (κ3) is 3.23. The molecule has 1 aliphatic rings. The molecule has 20 heavy (non-hydrogen) atoms. The molecule has 112 valence electrons. The van der Waals surface area contributed by atoms with Crippen LogP contribution in [0.4, 0.5) is 0 Å². The summed E-state index contributed by atoms with van der Waals surface area (Å²) in [5, 5.41) is 6.47. The molecule has 2 rings (SSSR count). The third-order valence-electron chi connectivity index (χ3n) is 4.44. The zero-order chi connectivity index (χ0) is 14.8. The van der Waals surface area contributed by atoms with Gasteiger partial charge in [-0.2, -0.15) is 0 Å². The molecule has 1 aromatic rings. The molecule has 0 radical (unpaired) electrons. The molecule has 0 spiro atoms. The van der Waals surface area contributed by atoms with Crippen molar-refractivity contribution >= 4 is 5.91 Å². The highest BCUT2D eigenvalue weighted by molar-refractivity contribution is 5.82. The van der Waals surface area contributed by atoms with Gasteiger partial charge >= 0.3 is 0 Å². The zero-order valence-electron chi connectivity index (χ0n) is 13.0. The molecule has 1 fully saturated rings. The van der Waals surface area contributed by atoms with Crippen LogP contribution in [0.25, 0.3) is 0 Å². The van der Waals surface area contributed by atoms with E-state index in [1.54, 1.807) is 0 Å². The first-order valence-corrected chi connectivity index (χ1v) is 7.49. The SMILES string of the molecule is Cc1ccc(C(C)NC(=O)C(C)(C)C2CCCNC2)o1. The first kappa shape index (κ1) is 15.1. The molecule has 2 N–H and O–H groups in total. The van der Waals surface area contributed by atoms with Gasteiger partial charge in [-0.05, 0) is 57.8 Å². The molecule has 4 heteroatoms. The van der Waals surface area contributed by atoms with Crippen molar-refractivity contribution in [3.05, 3.63) is 23.7 Å². The fourth-order valence-electron chi connectivity index (χ4n) is 2.79. The van der Waals surface area contributed by atoms with Crippen molar-refractivity contribution in [1.82, 2.24) is 10.6 Å². The zero-order valence-corrected chi connectivity index (χ0v) is 13.0. The van der Waals surface area contributed by atoms with Crippen LogP contribution in [0.1, 0.15) is 51.2 Å². The Labute approximate surface area is 121 Å². The van der Waals surface area contributed by atoms with E-state index >= 15 is 0 Å². The van der Waals surface area contributed by atoms with E-state index in [0.29, 0.717) is 5.92 Å². The van der Waals surface area contributed by atoms with Crippen molar-refractivity contribution in [2.24, 2.45) is 11.3 Å². The van der Waals surface area contributed by atoms with Gasteiger partial charge in [0, 0.05) is 5.41 Å². The highest BCUT2D eigenvalue weighted by Gasteiger charge is 2.37. The molecular formula is C16H26N2O2.